The Morgan fingerprint density at radius 1 is 0.978 bits per heavy atom. The summed E-state index contributed by atoms with van der Waals surface area (Å²) < 4.78 is 60.1. The number of likely N-dealkylation sites (tertiary alicyclic amines) is 1. The highest BCUT2D eigenvalue weighted by atomic mass is 19.4. The summed E-state index contributed by atoms with van der Waals surface area (Å²) in [5.74, 6) is 0.991. The molecule has 2 aliphatic rings. The molecule has 5 rings (SSSR count). The van der Waals surface area contributed by atoms with Gasteiger partial charge in [-0.15, -0.1) is 0 Å². The number of benzene rings is 2. The Morgan fingerprint density at radius 2 is 1.72 bits per heavy atom. The summed E-state index contributed by atoms with van der Waals surface area (Å²) in [5.41, 5.74) is 1.15. The number of piperidine rings is 1. The van der Waals surface area contributed by atoms with Crippen LogP contribution in [0.4, 0.5) is 23.8 Å². The minimum absolute atomic E-state index is 0.129. The van der Waals surface area contributed by atoms with Crippen LogP contribution >= 0.6 is 0 Å². The number of aromatic nitrogens is 2. The fourth-order valence-corrected chi connectivity index (χ4v) is 6.09. The van der Waals surface area contributed by atoms with Gasteiger partial charge >= 0.3 is 12.3 Å². The minimum atomic E-state index is -4.55. The maximum atomic E-state index is 14.4. The molecule has 2 unspecified atom stereocenters. The summed E-state index contributed by atoms with van der Waals surface area (Å²) in [6, 6.07) is 10.5. The summed E-state index contributed by atoms with van der Waals surface area (Å²) in [6.45, 7) is 8.17. The van der Waals surface area contributed by atoms with Gasteiger partial charge in [-0.3, -0.25) is 4.79 Å². The Kier molecular flexibility index (Phi) is 9.14. The van der Waals surface area contributed by atoms with Gasteiger partial charge in [-0.05, 0) is 62.9 Å². The van der Waals surface area contributed by atoms with Crippen molar-refractivity contribution in [1.29, 1.82) is 0 Å². The van der Waals surface area contributed by atoms with Crippen LogP contribution in [0.5, 0.6) is 11.5 Å². The van der Waals surface area contributed by atoms with Gasteiger partial charge in [0.15, 0.2) is 17.5 Å². The van der Waals surface area contributed by atoms with Crippen molar-refractivity contribution < 1.29 is 37.0 Å². The Morgan fingerprint density at radius 3 is 2.39 bits per heavy atom. The summed E-state index contributed by atoms with van der Waals surface area (Å²) in [6.07, 6.45) is -4.68. The van der Waals surface area contributed by atoms with Crippen LogP contribution in [0, 0.1) is 5.92 Å². The Balaban J connectivity index is 1.38. The fourth-order valence-electron chi connectivity index (χ4n) is 6.09. The van der Waals surface area contributed by atoms with Crippen LogP contribution in [0.3, 0.4) is 0 Å². The predicted molar refractivity (Wildman–Crippen MR) is 166 cm³/mol. The lowest BCUT2D eigenvalue weighted by Crippen LogP contribution is -2.52. The van der Waals surface area contributed by atoms with Crippen molar-refractivity contribution in [3.8, 4) is 22.8 Å². The SMILES string of the molecule is COc1ccc(C2CC(C(F)(F)F)n3nc(-c4cccc(C(=O)N5C[C@@H](C)C[C@@H](NC(=O)OC(C)(C)C)C5)c4)cc3N2)cc1OC. The summed E-state index contributed by atoms with van der Waals surface area (Å²) in [5, 5.41) is 10.4. The molecule has 0 saturated carbocycles. The molecule has 2 N–H and O–H groups in total. The number of carbonyl (C=O) groups is 2. The lowest BCUT2D eigenvalue weighted by atomic mass is 9.95. The van der Waals surface area contributed by atoms with Gasteiger partial charge in [0.2, 0.25) is 0 Å². The monoisotopic (exact) mass is 643 g/mol. The summed E-state index contributed by atoms with van der Waals surface area (Å²) in [7, 11) is 2.96. The first-order valence-electron chi connectivity index (χ1n) is 15.2. The number of nitrogens with one attached hydrogen (secondary N) is 2. The zero-order valence-corrected chi connectivity index (χ0v) is 26.8. The molecule has 1 saturated heterocycles. The number of ether oxygens (including phenoxy) is 3. The number of rotatable bonds is 6. The number of hydrogen-bond donors (Lipinski definition) is 2. The molecule has 2 aromatic carbocycles. The number of carbonyl (C=O) groups excluding carboxylic acids is 2. The Bertz CT molecular complexity index is 1580. The molecule has 2 aliphatic heterocycles. The Hall–Kier alpha value is -4.42. The number of alkyl carbamates (subject to hydrolysis) is 1. The standard InChI is InChI=1S/C33H40F3N5O5/c1-19-12-23(37-31(43)46-32(2,3)4)18-40(17-19)30(42)22-9-7-8-20(13-22)25-16-29-38-24(15-28(33(34,35)36)41(29)39-25)21-10-11-26(44-5)27(14-21)45-6/h7-11,13-14,16,19,23-24,28,38H,12,15,17-18H2,1-6H3,(H,37,43)/t19-,23+,24?,28?/m0/s1. The minimum Gasteiger partial charge on any atom is -0.493 e. The van der Waals surface area contributed by atoms with E-state index in [1.54, 1.807) is 74.2 Å². The molecule has 1 fully saturated rings. The fraction of sp³-hybridized carbons (Fsp3) is 0.485. The van der Waals surface area contributed by atoms with E-state index < -0.39 is 30.0 Å². The molecular formula is C33H40F3N5O5. The number of methoxy groups -OCH3 is 2. The molecule has 10 nitrogen and oxygen atoms in total. The van der Waals surface area contributed by atoms with Crippen molar-refractivity contribution in [3.05, 3.63) is 59.7 Å². The normalized spacial score (nSPS) is 21.5. The first-order valence-corrected chi connectivity index (χ1v) is 15.2. The highest BCUT2D eigenvalue weighted by Gasteiger charge is 2.46. The number of alkyl halides is 3. The molecule has 46 heavy (non-hydrogen) atoms. The highest BCUT2D eigenvalue weighted by Crippen LogP contribution is 2.45. The van der Waals surface area contributed by atoms with Crippen LogP contribution in [-0.4, -0.2) is 71.8 Å². The lowest BCUT2D eigenvalue weighted by Gasteiger charge is -2.37. The number of amides is 2. The number of halogens is 3. The molecule has 0 spiro atoms. The van der Waals surface area contributed by atoms with Crippen molar-refractivity contribution in [2.75, 3.05) is 32.6 Å². The van der Waals surface area contributed by atoms with E-state index in [1.807, 2.05) is 6.92 Å². The van der Waals surface area contributed by atoms with Crippen LogP contribution in [0.25, 0.3) is 11.3 Å². The molecule has 13 heteroatoms. The number of nitrogens with zero attached hydrogens (tertiary/aromatic N) is 3. The van der Waals surface area contributed by atoms with Gasteiger partial charge in [0, 0.05) is 36.7 Å². The van der Waals surface area contributed by atoms with Crippen LogP contribution in [0.1, 0.15) is 68.5 Å². The summed E-state index contributed by atoms with van der Waals surface area (Å²) >= 11 is 0. The molecule has 0 radical (unpaired) electrons. The topological polar surface area (TPSA) is 107 Å². The van der Waals surface area contributed by atoms with Crippen molar-refractivity contribution in [2.45, 2.75) is 70.4 Å². The molecule has 0 bridgehead atoms. The van der Waals surface area contributed by atoms with Crippen molar-refractivity contribution in [3.63, 3.8) is 0 Å². The van der Waals surface area contributed by atoms with E-state index in [0.29, 0.717) is 53.4 Å². The zero-order chi connectivity index (χ0) is 33.4. The van der Waals surface area contributed by atoms with Crippen molar-refractivity contribution in [1.82, 2.24) is 20.0 Å². The average Bonchev–Trinajstić information content (AvgIpc) is 3.42. The maximum Gasteiger partial charge on any atom is 0.410 e. The maximum absolute atomic E-state index is 14.4. The second-order valence-corrected chi connectivity index (χ2v) is 12.9. The molecule has 248 valence electrons. The van der Waals surface area contributed by atoms with Crippen LogP contribution < -0.4 is 20.1 Å². The van der Waals surface area contributed by atoms with Crippen LogP contribution in [0.15, 0.2) is 48.5 Å². The molecule has 0 aliphatic carbocycles. The molecule has 4 atom stereocenters. The second-order valence-electron chi connectivity index (χ2n) is 12.9. The second kappa shape index (κ2) is 12.8. The van der Waals surface area contributed by atoms with Gasteiger partial charge in [0.1, 0.15) is 11.4 Å². The molecule has 3 aromatic rings. The van der Waals surface area contributed by atoms with E-state index in [2.05, 4.69) is 15.7 Å². The van der Waals surface area contributed by atoms with Gasteiger partial charge in [0.05, 0.1) is 32.0 Å². The molecular weight excluding hydrogens is 603 g/mol. The molecule has 3 heterocycles. The van der Waals surface area contributed by atoms with E-state index in [9.17, 15) is 22.8 Å². The van der Waals surface area contributed by atoms with Gasteiger partial charge in [0.25, 0.3) is 5.91 Å². The lowest BCUT2D eigenvalue weighted by molar-refractivity contribution is -0.173. The van der Waals surface area contributed by atoms with Gasteiger partial charge < -0.3 is 29.7 Å². The molecule has 2 amide bonds. The Labute approximate surface area is 266 Å². The van der Waals surface area contributed by atoms with E-state index >= 15 is 0 Å². The van der Waals surface area contributed by atoms with E-state index in [0.717, 1.165) is 4.68 Å². The van der Waals surface area contributed by atoms with Crippen molar-refractivity contribution >= 4 is 17.8 Å². The number of hydrogen-bond acceptors (Lipinski definition) is 7. The molecule has 1 aromatic heterocycles. The van der Waals surface area contributed by atoms with Gasteiger partial charge in [-0.2, -0.15) is 18.3 Å². The van der Waals surface area contributed by atoms with E-state index in [-0.39, 0.29) is 30.1 Å². The number of fused-ring (bicyclic) bond motifs is 1. The number of anilines is 1. The van der Waals surface area contributed by atoms with Gasteiger partial charge in [-0.1, -0.05) is 25.1 Å². The average molecular weight is 644 g/mol. The smallest absolute Gasteiger partial charge is 0.410 e. The van der Waals surface area contributed by atoms with Crippen LogP contribution in [0.2, 0.25) is 0 Å². The van der Waals surface area contributed by atoms with E-state index in [1.165, 1.54) is 14.2 Å². The first kappa shape index (κ1) is 33.0. The zero-order valence-electron chi connectivity index (χ0n) is 26.8. The largest absolute Gasteiger partial charge is 0.493 e. The third-order valence-electron chi connectivity index (χ3n) is 8.07. The van der Waals surface area contributed by atoms with Crippen LogP contribution in [-0.2, 0) is 4.74 Å². The van der Waals surface area contributed by atoms with Crippen molar-refractivity contribution in [2.24, 2.45) is 5.92 Å². The van der Waals surface area contributed by atoms with E-state index in [4.69, 9.17) is 14.2 Å². The van der Waals surface area contributed by atoms with Gasteiger partial charge in [-0.25, -0.2) is 9.48 Å². The third-order valence-corrected chi connectivity index (χ3v) is 8.07. The summed E-state index contributed by atoms with van der Waals surface area (Å²) in [4.78, 5) is 27.7. The third kappa shape index (κ3) is 7.34. The quantitative estimate of drug-likeness (QED) is 0.312. The predicted octanol–water partition coefficient (Wildman–Crippen LogP) is 6.60. The first-order chi connectivity index (χ1) is 21.6. The highest BCUT2D eigenvalue weighted by molar-refractivity contribution is 5.95.